The second-order valence-electron chi connectivity index (χ2n) is 11.7. The maximum Gasteiger partial charge on any atom is 0.186 e. The van der Waals surface area contributed by atoms with E-state index in [1.807, 2.05) is 0 Å². The number of hydrogen-bond acceptors (Lipinski definition) is 11. The lowest BCUT2D eigenvalue weighted by Crippen LogP contribution is -2.61. The summed E-state index contributed by atoms with van der Waals surface area (Å²) in [6, 6.07) is 0. The van der Waals surface area contributed by atoms with Crippen molar-refractivity contribution in [1.82, 2.24) is 0 Å². The molecule has 7 N–H and O–H groups in total. The van der Waals surface area contributed by atoms with Crippen LogP contribution in [0.3, 0.4) is 0 Å². The first-order valence-electron chi connectivity index (χ1n) is 13.1. The molecule has 3 rings (SSSR count). The smallest absolute Gasteiger partial charge is 0.186 e. The van der Waals surface area contributed by atoms with Crippen molar-refractivity contribution in [2.24, 2.45) is 17.3 Å². The lowest BCUT2D eigenvalue weighted by atomic mass is 9.61. The lowest BCUT2D eigenvalue weighted by Gasteiger charge is -2.48. The van der Waals surface area contributed by atoms with Gasteiger partial charge in [-0.15, -0.1) is 0 Å². The zero-order chi connectivity index (χ0) is 26.9. The molecule has 0 aromatic carbocycles. The number of hydrogen-bond donors (Lipinski definition) is 7. The van der Waals surface area contributed by atoms with Crippen molar-refractivity contribution in [2.75, 3.05) is 6.61 Å². The summed E-state index contributed by atoms with van der Waals surface area (Å²) in [4.78, 5) is 0. The predicted octanol–water partition coefficient (Wildman–Crippen LogP) is -0.743. The van der Waals surface area contributed by atoms with E-state index < -0.39 is 61.4 Å². The van der Waals surface area contributed by atoms with Gasteiger partial charge in [-0.1, -0.05) is 20.8 Å². The van der Waals surface area contributed by atoms with Crippen molar-refractivity contribution >= 4 is 0 Å². The van der Waals surface area contributed by atoms with Gasteiger partial charge in [0.2, 0.25) is 0 Å². The van der Waals surface area contributed by atoms with Gasteiger partial charge in [0.05, 0.1) is 24.9 Å². The van der Waals surface area contributed by atoms with Gasteiger partial charge in [-0.2, -0.15) is 0 Å². The van der Waals surface area contributed by atoms with Gasteiger partial charge in [0.15, 0.2) is 12.6 Å². The fourth-order valence-corrected chi connectivity index (χ4v) is 6.07. The van der Waals surface area contributed by atoms with Crippen molar-refractivity contribution < 1.29 is 54.7 Å². The number of aliphatic hydroxyl groups is 7. The monoisotopic (exact) mass is 522 g/mol. The molecule has 2 saturated heterocycles. The molecule has 0 amide bonds. The molecule has 1 aliphatic carbocycles. The largest absolute Gasteiger partial charge is 0.393 e. The zero-order valence-corrected chi connectivity index (χ0v) is 21.9. The van der Waals surface area contributed by atoms with Gasteiger partial charge in [0.1, 0.15) is 42.7 Å². The molecule has 11 nitrogen and oxygen atoms in total. The maximum absolute atomic E-state index is 10.6. The zero-order valence-electron chi connectivity index (χ0n) is 21.9. The molecule has 0 unspecified atom stereocenters. The van der Waals surface area contributed by atoms with Crippen LogP contribution in [0.15, 0.2) is 0 Å². The molecule has 2 heterocycles. The highest BCUT2D eigenvalue weighted by Gasteiger charge is 2.49. The normalized spacial score (nSPS) is 48.5. The van der Waals surface area contributed by atoms with Gasteiger partial charge >= 0.3 is 0 Å². The highest BCUT2D eigenvalue weighted by Crippen LogP contribution is 2.47. The fourth-order valence-electron chi connectivity index (χ4n) is 6.07. The molecular weight excluding hydrogens is 476 g/mol. The minimum Gasteiger partial charge on any atom is -0.393 e. The summed E-state index contributed by atoms with van der Waals surface area (Å²) in [5.41, 5.74) is -0.0754. The van der Waals surface area contributed by atoms with E-state index in [1.54, 1.807) is 6.92 Å². The Hall–Kier alpha value is -0.440. The Kier molecular flexibility index (Phi) is 10.2. The van der Waals surface area contributed by atoms with Gasteiger partial charge in [0.25, 0.3) is 0 Å². The fraction of sp³-hybridized carbons (Fsp3) is 1.00. The molecule has 3 fully saturated rings. The Labute approximate surface area is 212 Å². The Morgan fingerprint density at radius 3 is 2.08 bits per heavy atom. The van der Waals surface area contributed by atoms with Crippen LogP contribution >= 0.6 is 0 Å². The minimum atomic E-state index is -1.55. The third-order valence-corrected chi connectivity index (χ3v) is 8.20. The summed E-state index contributed by atoms with van der Waals surface area (Å²) < 4.78 is 22.9. The van der Waals surface area contributed by atoms with E-state index in [9.17, 15) is 35.7 Å². The molecule has 14 atom stereocenters. The van der Waals surface area contributed by atoms with E-state index >= 15 is 0 Å². The van der Waals surface area contributed by atoms with Crippen molar-refractivity contribution in [3.63, 3.8) is 0 Å². The van der Waals surface area contributed by atoms with E-state index in [-0.39, 0.29) is 24.2 Å². The van der Waals surface area contributed by atoms with Crippen LogP contribution in [0.25, 0.3) is 0 Å². The summed E-state index contributed by atoms with van der Waals surface area (Å²) >= 11 is 0. The van der Waals surface area contributed by atoms with E-state index in [0.29, 0.717) is 18.3 Å². The van der Waals surface area contributed by atoms with E-state index in [4.69, 9.17) is 18.9 Å². The van der Waals surface area contributed by atoms with E-state index in [0.717, 1.165) is 19.3 Å². The molecule has 0 spiro atoms. The number of aliphatic hydroxyl groups excluding tert-OH is 7. The second kappa shape index (κ2) is 12.2. The van der Waals surface area contributed by atoms with Gasteiger partial charge < -0.3 is 54.7 Å². The molecule has 0 aromatic rings. The summed E-state index contributed by atoms with van der Waals surface area (Å²) in [6.45, 7) is 9.48. The molecule has 1 saturated carbocycles. The Balaban J connectivity index is 1.60. The van der Waals surface area contributed by atoms with E-state index in [1.165, 1.54) is 6.92 Å². The van der Waals surface area contributed by atoms with Gasteiger partial charge in [-0.3, -0.25) is 0 Å². The van der Waals surface area contributed by atoms with Crippen LogP contribution in [0.2, 0.25) is 0 Å². The van der Waals surface area contributed by atoms with Crippen molar-refractivity contribution in [3.05, 3.63) is 0 Å². The van der Waals surface area contributed by atoms with Crippen LogP contribution < -0.4 is 0 Å². The third-order valence-electron chi connectivity index (χ3n) is 8.20. The second-order valence-corrected chi connectivity index (χ2v) is 11.7. The summed E-state index contributed by atoms with van der Waals surface area (Å²) in [7, 11) is 0. The third kappa shape index (κ3) is 6.76. The lowest BCUT2D eigenvalue weighted by molar-refractivity contribution is -0.336. The van der Waals surface area contributed by atoms with Crippen LogP contribution in [-0.2, 0) is 18.9 Å². The first-order chi connectivity index (χ1) is 16.7. The van der Waals surface area contributed by atoms with Crippen LogP contribution in [0, 0.1) is 17.3 Å². The summed E-state index contributed by atoms with van der Waals surface area (Å²) in [5.74, 6) is 0.706. The first kappa shape index (κ1) is 30.1. The first-order valence-corrected chi connectivity index (χ1v) is 13.1. The Bertz CT molecular complexity index is 691. The molecule has 3 aliphatic rings. The number of rotatable bonds is 8. The SMILES string of the molecule is C[C@@H]1C[C@H](O[C@@H]2O[C@H](CO[C@@H]3O[C@@H](C)[C@H](O)[C@@H](O)[C@H]3O)[C@@H](O)[C@H](O)[C@H]2O)CC(C)(C)[C@H]1CC[C@@H](C)O. The summed E-state index contributed by atoms with van der Waals surface area (Å²) in [5, 5.41) is 71.1. The molecule has 11 heteroatoms. The van der Waals surface area contributed by atoms with Crippen molar-refractivity contribution in [1.29, 1.82) is 0 Å². The van der Waals surface area contributed by atoms with Crippen LogP contribution in [0.4, 0.5) is 0 Å². The maximum atomic E-state index is 10.6. The molecule has 0 aromatic heterocycles. The standard InChI is InChI=1S/C25H46O11/c1-11-8-14(9-25(4,5)15(11)7-6-12(2)26)35-24-22(32)20(30)18(28)16(36-24)10-33-23-21(31)19(29)17(27)13(3)34-23/h11-24,26-32H,6-10H2,1-5H3/t11-,12-,13+,14+,15+,16-,17+,18-,19-,20+,21-,22-,23-,24-/m1/s1. The van der Waals surface area contributed by atoms with Gasteiger partial charge in [-0.05, 0) is 56.8 Å². The quantitative estimate of drug-likeness (QED) is 0.213. The van der Waals surface area contributed by atoms with Gasteiger partial charge in [-0.25, -0.2) is 0 Å². The van der Waals surface area contributed by atoms with Crippen molar-refractivity contribution in [3.8, 4) is 0 Å². The van der Waals surface area contributed by atoms with Gasteiger partial charge in [0, 0.05) is 0 Å². The van der Waals surface area contributed by atoms with E-state index in [2.05, 4.69) is 20.8 Å². The Morgan fingerprint density at radius 2 is 1.47 bits per heavy atom. The average molecular weight is 523 g/mol. The van der Waals surface area contributed by atoms with Crippen LogP contribution in [-0.4, -0.2) is 116 Å². The molecule has 2 aliphatic heterocycles. The highest BCUT2D eigenvalue weighted by molar-refractivity contribution is 4.94. The Morgan fingerprint density at radius 1 is 0.861 bits per heavy atom. The van der Waals surface area contributed by atoms with Crippen molar-refractivity contribution in [2.45, 2.75) is 134 Å². The average Bonchev–Trinajstić information content (AvgIpc) is 2.79. The molecule has 0 bridgehead atoms. The molecular formula is C25H46O11. The molecule has 212 valence electrons. The topological polar surface area (TPSA) is 179 Å². The molecule has 0 radical (unpaired) electrons. The summed E-state index contributed by atoms with van der Waals surface area (Å²) in [6.07, 6.45) is -10.7. The number of ether oxygens (including phenoxy) is 4. The predicted molar refractivity (Wildman–Crippen MR) is 126 cm³/mol. The minimum absolute atomic E-state index is 0.0754. The highest BCUT2D eigenvalue weighted by atomic mass is 16.7. The molecule has 36 heavy (non-hydrogen) atoms. The van der Waals surface area contributed by atoms with Crippen LogP contribution in [0.5, 0.6) is 0 Å². The van der Waals surface area contributed by atoms with Crippen LogP contribution in [0.1, 0.15) is 60.3 Å².